The summed E-state index contributed by atoms with van der Waals surface area (Å²) in [5, 5.41) is 19.8. The lowest BCUT2D eigenvalue weighted by Gasteiger charge is -2.08. The van der Waals surface area contributed by atoms with Crippen molar-refractivity contribution in [3.63, 3.8) is 0 Å². The highest BCUT2D eigenvalue weighted by atomic mass is 16.4. The third-order valence-corrected chi connectivity index (χ3v) is 3.65. The number of hydrogen-bond acceptors (Lipinski definition) is 4. The average molecular weight is 333 g/mol. The zero-order valence-corrected chi connectivity index (χ0v) is 13.2. The van der Waals surface area contributed by atoms with Crippen molar-refractivity contribution in [1.82, 2.24) is 15.5 Å². The molecule has 0 bridgehead atoms. The van der Waals surface area contributed by atoms with Gasteiger partial charge in [-0.05, 0) is 23.8 Å². The number of amides is 1. The maximum Gasteiger partial charge on any atom is 0.336 e. The van der Waals surface area contributed by atoms with E-state index in [1.807, 2.05) is 30.3 Å². The first-order chi connectivity index (χ1) is 12.1. The molecule has 0 aliphatic carbocycles. The normalized spacial score (nSPS) is 10.2. The Morgan fingerprint density at radius 2 is 1.60 bits per heavy atom. The van der Waals surface area contributed by atoms with Crippen LogP contribution < -0.4 is 5.32 Å². The number of hydrogen-bond donors (Lipinski definition) is 2. The molecule has 0 saturated carbocycles. The second-order valence-corrected chi connectivity index (χ2v) is 5.31. The van der Waals surface area contributed by atoms with Gasteiger partial charge in [0.15, 0.2) is 5.69 Å². The molecular formula is C19H15N3O3. The Kier molecular flexibility index (Phi) is 4.80. The van der Waals surface area contributed by atoms with Gasteiger partial charge in [0, 0.05) is 12.1 Å². The molecule has 3 aromatic rings. The Labute approximate surface area is 144 Å². The summed E-state index contributed by atoms with van der Waals surface area (Å²) in [6, 6.07) is 19.4. The maximum atomic E-state index is 12.2. The molecule has 3 rings (SSSR count). The monoisotopic (exact) mass is 333 g/mol. The molecule has 0 unspecified atom stereocenters. The number of carbonyl (C=O) groups is 2. The first kappa shape index (κ1) is 16.3. The van der Waals surface area contributed by atoms with Gasteiger partial charge in [-0.15, -0.1) is 10.2 Å². The molecule has 1 amide bonds. The van der Waals surface area contributed by atoms with E-state index in [-0.39, 0.29) is 17.8 Å². The first-order valence-corrected chi connectivity index (χ1v) is 7.63. The lowest BCUT2D eigenvalue weighted by atomic mass is 10.1. The number of carboxylic acid groups (broad SMARTS) is 1. The van der Waals surface area contributed by atoms with Crippen molar-refractivity contribution in [1.29, 1.82) is 0 Å². The summed E-state index contributed by atoms with van der Waals surface area (Å²) in [5.74, 6) is -1.44. The number of benzene rings is 2. The molecule has 1 heterocycles. The molecule has 0 aliphatic heterocycles. The van der Waals surface area contributed by atoms with Crippen molar-refractivity contribution in [2.75, 3.05) is 0 Å². The smallest absolute Gasteiger partial charge is 0.336 e. The molecule has 0 fully saturated rings. The van der Waals surface area contributed by atoms with E-state index < -0.39 is 11.9 Å². The minimum Gasteiger partial charge on any atom is -0.478 e. The summed E-state index contributed by atoms with van der Waals surface area (Å²) >= 11 is 0. The zero-order chi connectivity index (χ0) is 17.6. The average Bonchev–Trinajstić information content (AvgIpc) is 2.67. The Balaban J connectivity index is 1.69. The quantitative estimate of drug-likeness (QED) is 0.749. The number of nitrogens with zero attached hydrogens (tertiary/aromatic N) is 2. The molecule has 2 aromatic carbocycles. The van der Waals surface area contributed by atoms with Crippen LogP contribution in [-0.2, 0) is 6.54 Å². The van der Waals surface area contributed by atoms with E-state index in [4.69, 9.17) is 5.11 Å². The van der Waals surface area contributed by atoms with Crippen LogP contribution in [0.1, 0.15) is 26.4 Å². The van der Waals surface area contributed by atoms with Crippen LogP contribution in [0.4, 0.5) is 0 Å². The summed E-state index contributed by atoms with van der Waals surface area (Å²) in [4.78, 5) is 23.4. The Hall–Kier alpha value is -3.54. The third kappa shape index (κ3) is 3.87. The molecule has 0 aliphatic rings. The second-order valence-electron chi connectivity index (χ2n) is 5.31. The summed E-state index contributed by atoms with van der Waals surface area (Å²) in [5.41, 5.74) is 2.45. The van der Waals surface area contributed by atoms with E-state index >= 15 is 0 Å². The Morgan fingerprint density at radius 3 is 2.28 bits per heavy atom. The van der Waals surface area contributed by atoms with Gasteiger partial charge in [0.1, 0.15) is 0 Å². The van der Waals surface area contributed by atoms with Gasteiger partial charge in [0.05, 0.1) is 11.3 Å². The van der Waals surface area contributed by atoms with Crippen molar-refractivity contribution in [3.05, 3.63) is 83.6 Å². The number of rotatable bonds is 5. The predicted octanol–water partition coefficient (Wildman–Crippen LogP) is 2.77. The Bertz CT molecular complexity index is 893. The lowest BCUT2D eigenvalue weighted by Crippen LogP contribution is -2.25. The maximum absolute atomic E-state index is 12.2. The fraction of sp³-hybridized carbons (Fsp3) is 0.0526. The molecular weight excluding hydrogens is 318 g/mol. The molecule has 2 N–H and O–H groups in total. The molecule has 124 valence electrons. The van der Waals surface area contributed by atoms with Crippen molar-refractivity contribution in [2.45, 2.75) is 6.54 Å². The van der Waals surface area contributed by atoms with Crippen LogP contribution in [0.5, 0.6) is 0 Å². The molecule has 0 spiro atoms. The van der Waals surface area contributed by atoms with Crippen LogP contribution in [0, 0.1) is 0 Å². The molecule has 6 nitrogen and oxygen atoms in total. The van der Waals surface area contributed by atoms with Crippen molar-refractivity contribution < 1.29 is 14.7 Å². The van der Waals surface area contributed by atoms with Gasteiger partial charge in [0.2, 0.25) is 0 Å². The zero-order valence-electron chi connectivity index (χ0n) is 13.2. The predicted molar refractivity (Wildman–Crippen MR) is 92.0 cm³/mol. The second kappa shape index (κ2) is 7.35. The summed E-state index contributed by atoms with van der Waals surface area (Å²) in [6.07, 6.45) is 0. The fourth-order valence-electron chi connectivity index (χ4n) is 2.37. The van der Waals surface area contributed by atoms with Crippen LogP contribution in [0.25, 0.3) is 11.3 Å². The SMILES string of the molecule is O=C(NCc1ccccc1C(=O)O)c1ccc(-c2ccccc2)nn1. The number of carbonyl (C=O) groups excluding carboxylic acids is 1. The highest BCUT2D eigenvalue weighted by Crippen LogP contribution is 2.15. The van der Waals surface area contributed by atoms with E-state index in [1.54, 1.807) is 30.3 Å². The number of aromatic carboxylic acids is 1. The highest BCUT2D eigenvalue weighted by Gasteiger charge is 2.12. The third-order valence-electron chi connectivity index (χ3n) is 3.65. The number of aromatic nitrogens is 2. The van der Waals surface area contributed by atoms with E-state index in [1.165, 1.54) is 6.07 Å². The van der Waals surface area contributed by atoms with Gasteiger partial charge >= 0.3 is 5.97 Å². The van der Waals surface area contributed by atoms with Gasteiger partial charge in [-0.1, -0.05) is 48.5 Å². The minimum atomic E-state index is -1.03. The number of carboxylic acids is 1. The largest absolute Gasteiger partial charge is 0.478 e. The molecule has 0 saturated heterocycles. The van der Waals surface area contributed by atoms with Gasteiger partial charge < -0.3 is 10.4 Å². The summed E-state index contributed by atoms with van der Waals surface area (Å²) in [6.45, 7) is 0.101. The molecule has 25 heavy (non-hydrogen) atoms. The Morgan fingerprint density at radius 1 is 0.880 bits per heavy atom. The summed E-state index contributed by atoms with van der Waals surface area (Å²) in [7, 11) is 0. The van der Waals surface area contributed by atoms with Crippen LogP contribution in [0.15, 0.2) is 66.7 Å². The molecule has 0 atom stereocenters. The number of nitrogens with one attached hydrogen (secondary N) is 1. The molecule has 1 aromatic heterocycles. The van der Waals surface area contributed by atoms with Crippen LogP contribution in [-0.4, -0.2) is 27.2 Å². The van der Waals surface area contributed by atoms with Crippen LogP contribution in [0.2, 0.25) is 0 Å². The topological polar surface area (TPSA) is 92.2 Å². The lowest BCUT2D eigenvalue weighted by molar-refractivity contribution is 0.0694. The minimum absolute atomic E-state index is 0.101. The van der Waals surface area contributed by atoms with Crippen molar-refractivity contribution >= 4 is 11.9 Å². The van der Waals surface area contributed by atoms with Gasteiger partial charge in [-0.2, -0.15) is 0 Å². The van der Waals surface area contributed by atoms with Gasteiger partial charge in [0.25, 0.3) is 5.91 Å². The van der Waals surface area contributed by atoms with E-state index in [2.05, 4.69) is 15.5 Å². The highest BCUT2D eigenvalue weighted by molar-refractivity contribution is 5.93. The van der Waals surface area contributed by atoms with E-state index in [0.29, 0.717) is 11.3 Å². The van der Waals surface area contributed by atoms with Crippen molar-refractivity contribution in [2.24, 2.45) is 0 Å². The molecule has 0 radical (unpaired) electrons. The fourth-order valence-corrected chi connectivity index (χ4v) is 2.37. The standard InChI is InChI=1S/C19H15N3O3/c23-18(20-12-14-8-4-5-9-15(14)19(24)25)17-11-10-16(21-22-17)13-6-2-1-3-7-13/h1-11H,12H2,(H,20,23)(H,24,25). The van der Waals surface area contributed by atoms with E-state index in [0.717, 1.165) is 5.56 Å². The summed E-state index contributed by atoms with van der Waals surface area (Å²) < 4.78 is 0. The van der Waals surface area contributed by atoms with Crippen LogP contribution in [0.3, 0.4) is 0 Å². The first-order valence-electron chi connectivity index (χ1n) is 7.63. The van der Waals surface area contributed by atoms with Gasteiger partial charge in [-0.3, -0.25) is 4.79 Å². The van der Waals surface area contributed by atoms with Crippen LogP contribution >= 0.6 is 0 Å². The van der Waals surface area contributed by atoms with Gasteiger partial charge in [-0.25, -0.2) is 4.79 Å². The van der Waals surface area contributed by atoms with Crippen molar-refractivity contribution in [3.8, 4) is 11.3 Å². The molecule has 6 heteroatoms. The van der Waals surface area contributed by atoms with E-state index in [9.17, 15) is 9.59 Å².